The number of carboxylic acid groups (broad SMARTS) is 2. The zero-order valence-corrected chi connectivity index (χ0v) is 33.9. The monoisotopic (exact) mass is 822 g/mol. The van der Waals surface area contributed by atoms with Crippen molar-refractivity contribution < 1.29 is 48.5 Å². The molecule has 2 aromatic carbocycles. The summed E-state index contributed by atoms with van der Waals surface area (Å²) < 4.78 is 13.0. The van der Waals surface area contributed by atoms with Gasteiger partial charge in [-0.25, -0.2) is 29.1 Å². The van der Waals surface area contributed by atoms with Crippen molar-refractivity contribution in [1.29, 1.82) is 0 Å². The van der Waals surface area contributed by atoms with Gasteiger partial charge in [-0.05, 0) is 89.8 Å². The molecule has 0 radical (unpaired) electrons. The first-order valence-electron chi connectivity index (χ1n) is 18.2. The maximum Gasteiger partial charge on any atom is 0.374 e. The van der Waals surface area contributed by atoms with Crippen molar-refractivity contribution in [2.45, 2.75) is 79.7 Å². The number of carbonyl (C=O) groups is 6. The fourth-order valence-corrected chi connectivity index (χ4v) is 5.45. The van der Waals surface area contributed by atoms with Crippen molar-refractivity contribution in [2.75, 3.05) is 0 Å². The van der Waals surface area contributed by atoms with Gasteiger partial charge in [-0.1, -0.05) is 24.3 Å². The van der Waals surface area contributed by atoms with Gasteiger partial charge in [0.2, 0.25) is 23.3 Å². The van der Waals surface area contributed by atoms with Gasteiger partial charge < -0.3 is 30.3 Å². The summed E-state index contributed by atoms with van der Waals surface area (Å²) in [6, 6.07) is 13.2. The van der Waals surface area contributed by atoms with Crippen LogP contribution in [-0.4, -0.2) is 96.3 Å². The molecule has 6 aromatic rings. The van der Waals surface area contributed by atoms with Crippen LogP contribution < -0.4 is 10.6 Å². The number of amides is 2. The van der Waals surface area contributed by atoms with Crippen LogP contribution in [-0.2, 0) is 22.6 Å². The third-order valence-electron chi connectivity index (χ3n) is 8.03. The lowest BCUT2D eigenvalue weighted by Crippen LogP contribution is -2.28. The molecule has 0 atom stereocenters. The predicted molar refractivity (Wildman–Crippen MR) is 211 cm³/mol. The second-order valence-corrected chi connectivity index (χ2v) is 15.2. The van der Waals surface area contributed by atoms with Gasteiger partial charge in [0.1, 0.15) is 11.2 Å². The SMILES string of the molecule is Cc1cc(CNC(=O)c2nc(C(=O)O)n3nccc3n2)ccc1C(=O)OC(C)(C)C.Cc1cc(CNC(=O)c2nc(C(=O)O)nc3ccnn23)ccc1C(=O)OC(C)(C)C. The molecule has 6 rings (SSSR count). The average molecular weight is 823 g/mol. The van der Waals surface area contributed by atoms with E-state index in [0.29, 0.717) is 22.3 Å². The number of carbonyl (C=O) groups excluding carboxylic acids is 4. The van der Waals surface area contributed by atoms with Crippen LogP contribution in [0.3, 0.4) is 0 Å². The number of hydrogen-bond acceptors (Lipinski definition) is 14. The fourth-order valence-electron chi connectivity index (χ4n) is 5.45. The van der Waals surface area contributed by atoms with E-state index in [4.69, 9.17) is 14.6 Å². The second-order valence-electron chi connectivity index (χ2n) is 15.2. The Morgan fingerprint density at radius 2 is 1.02 bits per heavy atom. The van der Waals surface area contributed by atoms with Crippen molar-refractivity contribution in [1.82, 2.24) is 49.8 Å². The molecule has 312 valence electrons. The Labute approximate surface area is 342 Å². The van der Waals surface area contributed by atoms with Crippen LogP contribution >= 0.6 is 0 Å². The molecule has 2 amide bonds. The summed E-state index contributed by atoms with van der Waals surface area (Å²) in [6.45, 7) is 14.6. The number of nitrogens with one attached hydrogen (secondary N) is 2. The van der Waals surface area contributed by atoms with Crippen molar-refractivity contribution in [3.63, 3.8) is 0 Å². The lowest BCUT2D eigenvalue weighted by atomic mass is 10.0. The number of fused-ring (bicyclic) bond motifs is 2. The van der Waals surface area contributed by atoms with E-state index in [1.165, 1.54) is 29.0 Å². The third-order valence-corrected chi connectivity index (χ3v) is 8.03. The van der Waals surface area contributed by atoms with Crippen LogP contribution in [0, 0.1) is 13.8 Å². The standard InChI is InChI=1S/2C20H21N5O5/c1-11-9-12(5-6-13(11)19(29)30-20(2,3)4)10-21-17(26)16-24-15(18(27)28)23-14-7-8-22-25(14)16;1-11-9-12(5-6-13(11)19(29)30-20(2,3)4)10-21-17(26)15-23-14-7-8-22-25(14)16(24-15)18(27)28/h2*5-9H,10H2,1-4H3,(H,21,26)(H,27,28). The topological polar surface area (TPSA) is 272 Å². The van der Waals surface area contributed by atoms with E-state index in [2.05, 4.69) is 40.8 Å². The molecule has 4 heterocycles. The zero-order valence-electron chi connectivity index (χ0n) is 33.9. The fraction of sp³-hybridized carbons (Fsp3) is 0.300. The molecule has 0 aliphatic heterocycles. The van der Waals surface area contributed by atoms with Gasteiger partial charge in [0.15, 0.2) is 11.3 Å². The van der Waals surface area contributed by atoms with Gasteiger partial charge in [-0.3, -0.25) is 9.59 Å². The van der Waals surface area contributed by atoms with Crippen LogP contribution in [0.25, 0.3) is 11.3 Å². The first-order valence-corrected chi connectivity index (χ1v) is 18.2. The Morgan fingerprint density at radius 1 is 0.583 bits per heavy atom. The van der Waals surface area contributed by atoms with E-state index in [0.717, 1.165) is 15.6 Å². The summed E-state index contributed by atoms with van der Waals surface area (Å²) in [6.07, 6.45) is 2.76. The van der Waals surface area contributed by atoms with Gasteiger partial charge in [0.05, 0.1) is 23.5 Å². The maximum absolute atomic E-state index is 12.6. The quantitative estimate of drug-likeness (QED) is 0.142. The van der Waals surface area contributed by atoms with E-state index in [1.54, 1.807) is 91.8 Å². The van der Waals surface area contributed by atoms with Crippen molar-refractivity contribution in [2.24, 2.45) is 0 Å². The number of aryl methyl sites for hydroxylation is 2. The number of aromatic carboxylic acids is 2. The molecule has 0 saturated carbocycles. The van der Waals surface area contributed by atoms with Gasteiger partial charge in [-0.2, -0.15) is 29.2 Å². The van der Waals surface area contributed by atoms with Gasteiger partial charge in [-0.15, -0.1) is 0 Å². The van der Waals surface area contributed by atoms with Crippen molar-refractivity contribution in [3.8, 4) is 0 Å². The normalized spacial score (nSPS) is 11.3. The highest BCUT2D eigenvalue weighted by atomic mass is 16.6. The van der Waals surface area contributed by atoms with Crippen LogP contribution in [0.4, 0.5) is 0 Å². The molecular formula is C40H42N10O10. The van der Waals surface area contributed by atoms with Gasteiger partial charge >= 0.3 is 23.9 Å². The third kappa shape index (κ3) is 10.8. The largest absolute Gasteiger partial charge is 0.475 e. The molecule has 0 bridgehead atoms. The Kier molecular flexibility index (Phi) is 12.7. The van der Waals surface area contributed by atoms with E-state index in [-0.39, 0.29) is 36.0 Å². The Balaban J connectivity index is 0.000000228. The number of carboxylic acids is 2. The van der Waals surface area contributed by atoms with E-state index in [1.807, 2.05) is 0 Å². The molecule has 4 aromatic heterocycles. The van der Waals surface area contributed by atoms with E-state index in [9.17, 15) is 33.9 Å². The molecule has 0 fully saturated rings. The smallest absolute Gasteiger partial charge is 0.374 e. The van der Waals surface area contributed by atoms with Crippen LogP contribution in [0.5, 0.6) is 0 Å². The van der Waals surface area contributed by atoms with Crippen LogP contribution in [0.2, 0.25) is 0 Å². The zero-order chi connectivity index (χ0) is 44.1. The first kappa shape index (κ1) is 43.5. The number of ether oxygens (including phenoxy) is 2. The minimum Gasteiger partial charge on any atom is -0.475 e. The second kappa shape index (κ2) is 17.5. The predicted octanol–water partition coefficient (Wildman–Crippen LogP) is 4.03. The highest BCUT2D eigenvalue weighted by Gasteiger charge is 2.23. The molecule has 0 saturated heterocycles. The highest BCUT2D eigenvalue weighted by Crippen LogP contribution is 2.19. The lowest BCUT2D eigenvalue weighted by molar-refractivity contribution is 0.00560. The summed E-state index contributed by atoms with van der Waals surface area (Å²) in [5, 5.41) is 31.5. The summed E-state index contributed by atoms with van der Waals surface area (Å²) >= 11 is 0. The molecule has 20 nitrogen and oxygen atoms in total. The molecular weight excluding hydrogens is 780 g/mol. The molecule has 0 aliphatic rings. The van der Waals surface area contributed by atoms with E-state index >= 15 is 0 Å². The Bertz CT molecular complexity index is 2650. The lowest BCUT2D eigenvalue weighted by Gasteiger charge is -2.20. The summed E-state index contributed by atoms with van der Waals surface area (Å²) in [5.41, 5.74) is 3.01. The molecule has 0 aliphatic carbocycles. The first-order chi connectivity index (χ1) is 28.1. The molecule has 0 spiro atoms. The highest BCUT2D eigenvalue weighted by molar-refractivity contribution is 5.94. The minimum atomic E-state index is -1.35. The average Bonchev–Trinajstić information content (AvgIpc) is 3.84. The summed E-state index contributed by atoms with van der Waals surface area (Å²) in [7, 11) is 0. The summed E-state index contributed by atoms with van der Waals surface area (Å²) in [5.74, 6) is -6.12. The Hall–Kier alpha value is -7.64. The number of hydrogen-bond donors (Lipinski definition) is 4. The molecule has 60 heavy (non-hydrogen) atoms. The van der Waals surface area contributed by atoms with Gasteiger partial charge in [0.25, 0.3) is 11.8 Å². The van der Waals surface area contributed by atoms with Crippen molar-refractivity contribution in [3.05, 3.63) is 118 Å². The van der Waals surface area contributed by atoms with Crippen molar-refractivity contribution >= 4 is 47.0 Å². The van der Waals surface area contributed by atoms with E-state index < -0.39 is 58.5 Å². The number of esters is 2. The number of benzene rings is 2. The molecule has 4 N–H and O–H groups in total. The van der Waals surface area contributed by atoms with Gasteiger partial charge in [0, 0.05) is 25.2 Å². The van der Waals surface area contributed by atoms with Crippen LogP contribution in [0.15, 0.2) is 60.9 Å². The number of rotatable bonds is 10. The molecule has 0 unspecified atom stereocenters. The number of aromatic nitrogens is 8. The molecule has 20 heteroatoms. The van der Waals surface area contributed by atoms with Crippen LogP contribution in [0.1, 0.15) is 127 Å². The number of nitrogens with zero attached hydrogens (tertiary/aromatic N) is 8. The summed E-state index contributed by atoms with van der Waals surface area (Å²) in [4.78, 5) is 87.6. The minimum absolute atomic E-state index is 0.142. The maximum atomic E-state index is 12.6. The Morgan fingerprint density at radius 3 is 1.45 bits per heavy atom.